The van der Waals surface area contributed by atoms with Crippen LogP contribution in [0.15, 0.2) is 35.9 Å². The van der Waals surface area contributed by atoms with Crippen molar-refractivity contribution in [1.29, 1.82) is 0 Å². The molecular weight excluding hydrogens is 557 g/mol. The Morgan fingerprint density at radius 1 is 1.12 bits per heavy atom. The van der Waals surface area contributed by atoms with Crippen LogP contribution in [0.1, 0.15) is 45.6 Å². The van der Waals surface area contributed by atoms with Crippen LogP contribution >= 0.6 is 0 Å². The zero-order valence-corrected chi connectivity index (χ0v) is 25.7. The number of rotatable bonds is 4. The highest BCUT2D eigenvalue weighted by Gasteiger charge is 2.36. The Morgan fingerprint density at radius 2 is 1.81 bits per heavy atom. The predicted octanol–water partition coefficient (Wildman–Crippen LogP) is 3.22. The molecule has 238 valence electrons. The van der Waals surface area contributed by atoms with Gasteiger partial charge in [0, 0.05) is 50.9 Å². The quantitative estimate of drug-likeness (QED) is 0.396. The minimum absolute atomic E-state index is 0.105. The summed E-state index contributed by atoms with van der Waals surface area (Å²) in [4.78, 5) is 31.7. The average Bonchev–Trinajstić information content (AvgIpc) is 2.96. The van der Waals surface area contributed by atoms with Gasteiger partial charge in [0.25, 0.3) is 0 Å². The molecule has 0 saturated carbocycles. The van der Waals surface area contributed by atoms with E-state index in [1.165, 1.54) is 12.1 Å². The average molecular weight is 604 g/mol. The number of aliphatic hydroxyl groups is 2. The number of esters is 1. The lowest BCUT2D eigenvalue weighted by Gasteiger charge is -2.36. The number of aliphatic hydroxyl groups excluding tert-OH is 1. The Labute approximate surface area is 253 Å². The van der Waals surface area contributed by atoms with Gasteiger partial charge >= 0.3 is 12.1 Å². The van der Waals surface area contributed by atoms with Gasteiger partial charge < -0.3 is 39.1 Å². The summed E-state index contributed by atoms with van der Waals surface area (Å²) in [7, 11) is 1.99. The molecule has 0 spiro atoms. The number of ether oxygens (including phenoxy) is 3. The number of likely N-dealkylation sites (N-methyl/N-ethyl adjacent to an activating group) is 1. The van der Waals surface area contributed by atoms with E-state index in [2.05, 4.69) is 9.80 Å². The maximum atomic E-state index is 14.6. The van der Waals surface area contributed by atoms with Crippen LogP contribution in [0.3, 0.4) is 0 Å². The molecule has 2 N–H and O–H groups in total. The molecule has 2 saturated heterocycles. The summed E-state index contributed by atoms with van der Waals surface area (Å²) in [5.41, 5.74) is 0.564. The van der Waals surface area contributed by atoms with Crippen LogP contribution in [0.25, 0.3) is 6.08 Å². The standard InChI is InChI=1S/C32H46FN3O7/c1-22-5-6-28(42-31(39)36-11-9-34(4)10-12-36)32(3,40)8-7-27(37)21-29(38)43-30(22)23(2)17-24-18-25(33)20-26(19-24)35-13-15-41-16-14-35/h5-6,17-20,22,27-28,30,37,40H,7-16,21H2,1-4H3/b6-5-,23-17+/t22-,27-,28-,30-,32+/m0/s1. The van der Waals surface area contributed by atoms with E-state index in [0.717, 1.165) is 18.8 Å². The summed E-state index contributed by atoms with van der Waals surface area (Å²) in [6.45, 7) is 10.2. The number of carbonyl (C=O) groups excluding carboxylic acids is 2. The smallest absolute Gasteiger partial charge is 0.410 e. The first kappa shape index (κ1) is 32.9. The second-order valence-electron chi connectivity index (χ2n) is 12.2. The van der Waals surface area contributed by atoms with E-state index >= 15 is 0 Å². The van der Waals surface area contributed by atoms with Crippen molar-refractivity contribution in [3.8, 4) is 0 Å². The van der Waals surface area contributed by atoms with Gasteiger partial charge in [0.15, 0.2) is 6.10 Å². The van der Waals surface area contributed by atoms with Crippen molar-refractivity contribution >= 4 is 23.8 Å². The first-order chi connectivity index (χ1) is 20.4. The number of hydrogen-bond donors (Lipinski definition) is 2. The van der Waals surface area contributed by atoms with E-state index in [9.17, 15) is 24.2 Å². The minimum Gasteiger partial charge on any atom is -0.457 e. The lowest BCUT2D eigenvalue weighted by molar-refractivity contribution is -0.151. The van der Waals surface area contributed by atoms with E-state index < -0.39 is 41.9 Å². The van der Waals surface area contributed by atoms with Gasteiger partial charge in [-0.05, 0) is 69.1 Å². The van der Waals surface area contributed by atoms with Gasteiger partial charge in [0.05, 0.1) is 25.7 Å². The van der Waals surface area contributed by atoms with Gasteiger partial charge in [-0.15, -0.1) is 0 Å². The van der Waals surface area contributed by atoms with Crippen LogP contribution in [-0.2, 0) is 19.0 Å². The number of anilines is 1. The van der Waals surface area contributed by atoms with Crippen LogP contribution in [0.2, 0.25) is 0 Å². The van der Waals surface area contributed by atoms with E-state index in [4.69, 9.17) is 14.2 Å². The maximum Gasteiger partial charge on any atom is 0.410 e. The summed E-state index contributed by atoms with van der Waals surface area (Å²) in [6.07, 6.45) is 1.88. The van der Waals surface area contributed by atoms with Crippen LogP contribution < -0.4 is 4.90 Å². The second-order valence-corrected chi connectivity index (χ2v) is 12.2. The van der Waals surface area contributed by atoms with Crippen molar-refractivity contribution in [3.05, 3.63) is 47.3 Å². The van der Waals surface area contributed by atoms with Crippen molar-refractivity contribution < 1.29 is 38.4 Å². The summed E-state index contributed by atoms with van der Waals surface area (Å²) >= 11 is 0. The fourth-order valence-electron chi connectivity index (χ4n) is 5.65. The third kappa shape index (κ3) is 9.25. The highest BCUT2D eigenvalue weighted by molar-refractivity contribution is 5.71. The fraction of sp³-hybridized carbons (Fsp3) is 0.625. The van der Waals surface area contributed by atoms with E-state index in [0.29, 0.717) is 50.5 Å². The first-order valence-electron chi connectivity index (χ1n) is 15.1. The topological polar surface area (TPSA) is 112 Å². The molecule has 2 fully saturated rings. The Morgan fingerprint density at radius 3 is 2.51 bits per heavy atom. The highest BCUT2D eigenvalue weighted by Crippen LogP contribution is 2.29. The Balaban J connectivity index is 1.59. The van der Waals surface area contributed by atoms with Crippen molar-refractivity contribution in [2.24, 2.45) is 5.92 Å². The van der Waals surface area contributed by atoms with Crippen LogP contribution in [0.5, 0.6) is 0 Å². The molecule has 1 aromatic rings. The molecule has 0 aromatic heterocycles. The Bertz CT molecular complexity index is 1180. The lowest BCUT2D eigenvalue weighted by atomic mass is 9.88. The molecule has 11 heteroatoms. The molecule has 0 radical (unpaired) electrons. The summed E-state index contributed by atoms with van der Waals surface area (Å²) in [6, 6.07) is 4.82. The van der Waals surface area contributed by atoms with Gasteiger partial charge in [-0.1, -0.05) is 19.1 Å². The van der Waals surface area contributed by atoms with Gasteiger partial charge in [-0.3, -0.25) is 4.79 Å². The summed E-state index contributed by atoms with van der Waals surface area (Å²) < 4.78 is 31.8. The predicted molar refractivity (Wildman–Crippen MR) is 161 cm³/mol. The number of cyclic esters (lactones) is 1. The minimum atomic E-state index is -1.49. The molecule has 10 nitrogen and oxygen atoms in total. The normalized spacial score (nSPS) is 31.0. The largest absolute Gasteiger partial charge is 0.457 e. The summed E-state index contributed by atoms with van der Waals surface area (Å²) in [5, 5.41) is 21.9. The van der Waals surface area contributed by atoms with Crippen LogP contribution in [0, 0.1) is 11.7 Å². The number of hydrogen-bond acceptors (Lipinski definition) is 9. The monoisotopic (exact) mass is 603 g/mol. The van der Waals surface area contributed by atoms with Crippen LogP contribution in [0.4, 0.5) is 14.9 Å². The molecule has 1 aromatic carbocycles. The van der Waals surface area contributed by atoms with Crippen molar-refractivity contribution in [1.82, 2.24) is 9.80 Å². The molecular formula is C32H46FN3O7. The van der Waals surface area contributed by atoms with Gasteiger partial charge in [-0.2, -0.15) is 0 Å². The Kier molecular flexibility index (Phi) is 11.2. The molecule has 3 aliphatic rings. The maximum absolute atomic E-state index is 14.6. The van der Waals surface area contributed by atoms with Gasteiger partial charge in [-0.25, -0.2) is 9.18 Å². The molecule has 1 amide bonds. The lowest BCUT2D eigenvalue weighted by Crippen LogP contribution is -2.50. The number of benzene rings is 1. The zero-order valence-electron chi connectivity index (χ0n) is 25.7. The van der Waals surface area contributed by atoms with E-state index in [1.807, 2.05) is 27.0 Å². The summed E-state index contributed by atoms with van der Waals surface area (Å²) in [5.74, 6) is -1.34. The van der Waals surface area contributed by atoms with Crippen molar-refractivity contribution in [2.45, 2.75) is 63.9 Å². The zero-order chi connectivity index (χ0) is 31.1. The molecule has 5 atom stereocenters. The van der Waals surface area contributed by atoms with E-state index in [1.54, 1.807) is 30.1 Å². The third-order valence-electron chi connectivity index (χ3n) is 8.44. The molecule has 3 heterocycles. The number of nitrogens with zero attached hydrogens (tertiary/aromatic N) is 3. The first-order valence-corrected chi connectivity index (χ1v) is 15.1. The SMILES string of the molecule is C/C(=C\c1cc(F)cc(N2CCOCC2)c1)[C@H]1OC(=O)C[C@@H](O)CC[C@@](C)(O)[C@@H](OC(=O)N2CCN(C)CC2)/C=C\[C@@H]1C. The number of piperazine rings is 1. The van der Waals surface area contributed by atoms with E-state index in [-0.39, 0.29) is 25.1 Å². The van der Waals surface area contributed by atoms with Crippen LogP contribution in [-0.4, -0.2) is 116 Å². The molecule has 0 unspecified atom stereocenters. The van der Waals surface area contributed by atoms with Crippen molar-refractivity contribution in [2.75, 3.05) is 64.4 Å². The molecule has 0 aliphatic carbocycles. The molecule has 0 bridgehead atoms. The number of amides is 1. The second kappa shape index (κ2) is 14.7. The van der Waals surface area contributed by atoms with Gasteiger partial charge in [0.1, 0.15) is 17.5 Å². The number of morpholine rings is 1. The number of carbonyl (C=O) groups is 2. The fourth-order valence-corrected chi connectivity index (χ4v) is 5.65. The highest BCUT2D eigenvalue weighted by atomic mass is 19.1. The molecule has 3 aliphatic heterocycles. The molecule has 4 rings (SSSR count). The number of halogens is 1. The van der Waals surface area contributed by atoms with Gasteiger partial charge in [0.2, 0.25) is 0 Å². The Hall–Kier alpha value is -2.99. The van der Waals surface area contributed by atoms with Crippen molar-refractivity contribution in [3.63, 3.8) is 0 Å². The third-order valence-corrected chi connectivity index (χ3v) is 8.44. The molecule has 43 heavy (non-hydrogen) atoms.